The van der Waals surface area contributed by atoms with Crippen LogP contribution in [0.1, 0.15) is 33.6 Å². The van der Waals surface area contributed by atoms with E-state index >= 15 is 0 Å². The molecule has 0 unspecified atom stereocenters. The summed E-state index contributed by atoms with van der Waals surface area (Å²) in [6, 6.07) is 10.6. The maximum absolute atomic E-state index is 12.2. The number of carbonyl (C=O) groups is 2. The van der Waals surface area contributed by atoms with E-state index in [-0.39, 0.29) is 23.8 Å². The second kappa shape index (κ2) is 7.86. The molecule has 1 N–H and O–H groups in total. The zero-order valence-corrected chi connectivity index (χ0v) is 15.4. The minimum absolute atomic E-state index is 0.154. The summed E-state index contributed by atoms with van der Waals surface area (Å²) >= 11 is 0. The summed E-state index contributed by atoms with van der Waals surface area (Å²) in [5.41, 5.74) is 2.57. The van der Waals surface area contributed by atoms with Crippen molar-refractivity contribution in [1.82, 2.24) is 20.0 Å². The first-order valence-electron chi connectivity index (χ1n) is 8.48. The molecule has 2 aromatic heterocycles. The van der Waals surface area contributed by atoms with Crippen molar-refractivity contribution in [3.8, 4) is 17.0 Å². The molecule has 140 valence electrons. The highest BCUT2D eigenvalue weighted by molar-refractivity contribution is 5.97. The van der Waals surface area contributed by atoms with Crippen molar-refractivity contribution in [3.63, 3.8) is 0 Å². The highest BCUT2D eigenvalue weighted by Crippen LogP contribution is 2.28. The summed E-state index contributed by atoms with van der Waals surface area (Å²) in [6.45, 7) is 3.86. The largest absolute Gasteiger partial charge is 0.493 e. The van der Waals surface area contributed by atoms with E-state index in [4.69, 9.17) is 9.47 Å². The molecule has 8 heteroatoms. The van der Waals surface area contributed by atoms with Crippen molar-refractivity contribution in [2.24, 2.45) is 7.05 Å². The normalized spacial score (nSPS) is 10.6. The van der Waals surface area contributed by atoms with Crippen LogP contribution in [0.2, 0.25) is 0 Å². The van der Waals surface area contributed by atoms with E-state index in [2.05, 4.69) is 15.3 Å². The van der Waals surface area contributed by atoms with Gasteiger partial charge in [0.1, 0.15) is 17.1 Å². The molecule has 0 fully saturated rings. The van der Waals surface area contributed by atoms with Gasteiger partial charge in [-0.15, -0.1) is 0 Å². The fraction of sp³-hybridized carbons (Fsp3) is 0.263. The second-order valence-corrected chi connectivity index (χ2v) is 5.89. The predicted octanol–water partition coefficient (Wildman–Crippen LogP) is 2.56. The molecule has 0 aliphatic carbocycles. The van der Waals surface area contributed by atoms with Gasteiger partial charge in [0.05, 0.1) is 12.3 Å². The maximum atomic E-state index is 12.2. The molecule has 3 aromatic rings. The Morgan fingerprint density at radius 2 is 2.00 bits per heavy atom. The van der Waals surface area contributed by atoms with Crippen LogP contribution < -0.4 is 4.74 Å². The molecule has 0 saturated carbocycles. The fourth-order valence-electron chi connectivity index (χ4n) is 2.50. The summed E-state index contributed by atoms with van der Waals surface area (Å²) in [5.74, 6) is -0.357. The number of aromatic amines is 1. The smallest absolute Gasteiger partial charge is 0.356 e. The van der Waals surface area contributed by atoms with Gasteiger partial charge in [0.15, 0.2) is 6.61 Å². The topological polar surface area (TPSA) is 99.1 Å². The van der Waals surface area contributed by atoms with Crippen LogP contribution >= 0.6 is 0 Å². The Hall–Kier alpha value is -3.42. The van der Waals surface area contributed by atoms with Gasteiger partial charge in [-0.05, 0) is 38.1 Å². The molecule has 0 aliphatic heterocycles. The number of hydrogen-bond donors (Lipinski definition) is 1. The van der Waals surface area contributed by atoms with Crippen LogP contribution in [0.3, 0.4) is 0 Å². The molecule has 1 aromatic carbocycles. The van der Waals surface area contributed by atoms with Gasteiger partial charge in [0, 0.05) is 18.3 Å². The highest BCUT2D eigenvalue weighted by atomic mass is 16.5. The average Bonchev–Trinajstić information content (AvgIpc) is 3.28. The maximum Gasteiger partial charge on any atom is 0.356 e. The molecule has 0 aliphatic rings. The number of hydrogen-bond acceptors (Lipinski definition) is 6. The first kappa shape index (κ1) is 18.4. The van der Waals surface area contributed by atoms with Crippen LogP contribution in [0.5, 0.6) is 5.75 Å². The first-order chi connectivity index (χ1) is 13.0. The fourth-order valence-corrected chi connectivity index (χ4v) is 2.50. The Labute approximate surface area is 156 Å². The van der Waals surface area contributed by atoms with E-state index in [1.165, 1.54) is 0 Å². The SMILES string of the molecule is CCOc1ccccc1-c1cc(C(=O)OCC(=O)c2cc(C)n(C)n2)[nH]n1. The number of ether oxygens (including phenoxy) is 2. The molecule has 0 radical (unpaired) electrons. The van der Waals surface area contributed by atoms with Crippen LogP contribution in [0.25, 0.3) is 11.3 Å². The molecule has 0 amide bonds. The number of H-pyrrole nitrogens is 1. The Morgan fingerprint density at radius 3 is 2.70 bits per heavy atom. The first-order valence-corrected chi connectivity index (χ1v) is 8.48. The molecule has 0 atom stereocenters. The highest BCUT2D eigenvalue weighted by Gasteiger charge is 2.18. The number of Topliss-reactive ketones (excluding diaryl/α,β-unsaturated/α-hetero) is 1. The molecule has 0 bridgehead atoms. The van der Waals surface area contributed by atoms with Crippen molar-refractivity contribution >= 4 is 11.8 Å². The van der Waals surface area contributed by atoms with E-state index in [1.54, 1.807) is 23.9 Å². The number of carbonyl (C=O) groups excluding carboxylic acids is 2. The Kier molecular flexibility index (Phi) is 5.35. The van der Waals surface area contributed by atoms with Gasteiger partial charge in [-0.25, -0.2) is 4.79 Å². The quantitative estimate of drug-likeness (QED) is 0.508. The number of nitrogens with zero attached hydrogens (tertiary/aromatic N) is 3. The van der Waals surface area contributed by atoms with Gasteiger partial charge >= 0.3 is 5.97 Å². The van der Waals surface area contributed by atoms with Crippen molar-refractivity contribution in [3.05, 3.63) is 53.5 Å². The molecule has 2 heterocycles. The summed E-state index contributed by atoms with van der Waals surface area (Å²) < 4.78 is 12.2. The van der Waals surface area contributed by atoms with Gasteiger partial charge < -0.3 is 9.47 Å². The van der Waals surface area contributed by atoms with E-state index in [1.807, 2.05) is 38.1 Å². The number of benzene rings is 1. The summed E-state index contributed by atoms with van der Waals surface area (Å²) in [7, 11) is 1.74. The number of aromatic nitrogens is 4. The molecular weight excluding hydrogens is 348 g/mol. The van der Waals surface area contributed by atoms with E-state index in [9.17, 15) is 9.59 Å². The third-order valence-electron chi connectivity index (χ3n) is 3.99. The van der Waals surface area contributed by atoms with Crippen LogP contribution in [0.15, 0.2) is 36.4 Å². The van der Waals surface area contributed by atoms with Gasteiger partial charge in [-0.3, -0.25) is 14.6 Å². The van der Waals surface area contributed by atoms with Crippen LogP contribution in [-0.2, 0) is 11.8 Å². The zero-order chi connectivity index (χ0) is 19.4. The lowest BCUT2D eigenvalue weighted by atomic mass is 10.1. The van der Waals surface area contributed by atoms with E-state index in [0.29, 0.717) is 18.1 Å². The molecule has 0 saturated heterocycles. The van der Waals surface area contributed by atoms with Crippen molar-refractivity contribution in [1.29, 1.82) is 0 Å². The zero-order valence-electron chi connectivity index (χ0n) is 15.4. The lowest BCUT2D eigenvalue weighted by Crippen LogP contribution is -2.15. The molecule has 0 spiro atoms. The average molecular weight is 368 g/mol. The number of nitrogens with one attached hydrogen (secondary N) is 1. The third kappa shape index (κ3) is 4.05. The Bertz CT molecular complexity index is 954. The van der Waals surface area contributed by atoms with Gasteiger partial charge in [0.25, 0.3) is 0 Å². The summed E-state index contributed by atoms with van der Waals surface area (Å²) in [6.07, 6.45) is 0. The number of aryl methyl sites for hydroxylation is 2. The minimum atomic E-state index is -0.663. The Morgan fingerprint density at radius 1 is 1.22 bits per heavy atom. The van der Waals surface area contributed by atoms with Crippen LogP contribution in [-0.4, -0.2) is 44.9 Å². The predicted molar refractivity (Wildman–Crippen MR) is 97.8 cm³/mol. The third-order valence-corrected chi connectivity index (χ3v) is 3.99. The summed E-state index contributed by atoms with van der Waals surface area (Å²) in [4.78, 5) is 24.3. The molecule has 3 rings (SSSR count). The van der Waals surface area contributed by atoms with Crippen LogP contribution in [0, 0.1) is 6.92 Å². The minimum Gasteiger partial charge on any atom is -0.493 e. The van der Waals surface area contributed by atoms with E-state index < -0.39 is 5.97 Å². The number of ketones is 1. The number of esters is 1. The number of para-hydroxylation sites is 1. The molecule has 27 heavy (non-hydrogen) atoms. The monoisotopic (exact) mass is 368 g/mol. The molecular formula is C19H20N4O4. The Balaban J connectivity index is 1.68. The van der Waals surface area contributed by atoms with Gasteiger partial charge in [-0.1, -0.05) is 12.1 Å². The number of rotatable bonds is 7. The summed E-state index contributed by atoms with van der Waals surface area (Å²) in [5, 5.41) is 10.9. The second-order valence-electron chi connectivity index (χ2n) is 5.89. The van der Waals surface area contributed by atoms with Crippen molar-refractivity contribution < 1.29 is 19.1 Å². The van der Waals surface area contributed by atoms with Crippen LogP contribution in [0.4, 0.5) is 0 Å². The molecule has 8 nitrogen and oxygen atoms in total. The van der Waals surface area contributed by atoms with Gasteiger partial charge in [0.2, 0.25) is 5.78 Å². The van der Waals surface area contributed by atoms with Crippen molar-refractivity contribution in [2.75, 3.05) is 13.2 Å². The lowest BCUT2D eigenvalue weighted by Gasteiger charge is -2.07. The standard InChI is InChI=1S/C19H20N4O4/c1-4-26-18-8-6-5-7-13(18)14-10-16(21-20-14)19(25)27-11-17(24)15-9-12(2)23(3)22-15/h5-10H,4,11H2,1-3H3,(H,20,21). The van der Waals surface area contributed by atoms with E-state index in [0.717, 1.165) is 11.3 Å². The van der Waals surface area contributed by atoms with Gasteiger partial charge in [-0.2, -0.15) is 10.2 Å². The van der Waals surface area contributed by atoms with Crippen molar-refractivity contribution in [2.45, 2.75) is 13.8 Å². The lowest BCUT2D eigenvalue weighted by molar-refractivity contribution is 0.0467.